The SMILES string of the molecule is CNC(C)c1ccc(Oc2cc(F)ccc2Br)nc1. The van der Waals surface area contributed by atoms with Gasteiger partial charge in [0.05, 0.1) is 4.47 Å². The molecule has 0 spiro atoms. The Morgan fingerprint density at radius 2 is 2.11 bits per heavy atom. The van der Waals surface area contributed by atoms with E-state index in [4.69, 9.17) is 4.74 Å². The standard InChI is InChI=1S/C14H14BrFN2O/c1-9(17-2)10-3-6-14(18-8-10)19-13-7-11(16)4-5-12(13)15/h3-9,17H,1-2H3. The first kappa shape index (κ1) is 14.0. The van der Waals surface area contributed by atoms with Gasteiger partial charge in [0.25, 0.3) is 0 Å². The third-order valence-corrected chi connectivity index (χ3v) is 3.46. The van der Waals surface area contributed by atoms with Crippen LogP contribution in [0.5, 0.6) is 11.6 Å². The molecule has 0 amide bonds. The topological polar surface area (TPSA) is 34.1 Å². The summed E-state index contributed by atoms with van der Waals surface area (Å²) in [5.74, 6) is 0.485. The number of aromatic nitrogens is 1. The van der Waals surface area contributed by atoms with E-state index in [0.29, 0.717) is 16.1 Å². The normalized spacial score (nSPS) is 12.2. The van der Waals surface area contributed by atoms with Gasteiger partial charge < -0.3 is 10.1 Å². The van der Waals surface area contributed by atoms with Crippen LogP contribution < -0.4 is 10.1 Å². The zero-order valence-corrected chi connectivity index (χ0v) is 12.2. The summed E-state index contributed by atoms with van der Waals surface area (Å²) in [6.07, 6.45) is 1.74. The first-order valence-electron chi connectivity index (χ1n) is 5.86. The van der Waals surface area contributed by atoms with Crippen LogP contribution in [-0.4, -0.2) is 12.0 Å². The van der Waals surface area contributed by atoms with Crippen LogP contribution in [0, 0.1) is 5.82 Å². The van der Waals surface area contributed by atoms with Crippen molar-refractivity contribution in [2.45, 2.75) is 13.0 Å². The van der Waals surface area contributed by atoms with Crippen molar-refractivity contribution in [3.63, 3.8) is 0 Å². The molecule has 1 unspecified atom stereocenters. The van der Waals surface area contributed by atoms with Gasteiger partial charge in [0.1, 0.15) is 11.6 Å². The van der Waals surface area contributed by atoms with Crippen molar-refractivity contribution >= 4 is 15.9 Å². The van der Waals surface area contributed by atoms with E-state index in [1.165, 1.54) is 12.1 Å². The van der Waals surface area contributed by atoms with Crippen molar-refractivity contribution in [2.24, 2.45) is 0 Å². The lowest BCUT2D eigenvalue weighted by molar-refractivity contribution is 0.454. The van der Waals surface area contributed by atoms with Gasteiger partial charge >= 0.3 is 0 Å². The number of halogens is 2. The molecule has 0 saturated heterocycles. The number of benzene rings is 1. The highest BCUT2D eigenvalue weighted by Gasteiger charge is 2.07. The van der Waals surface area contributed by atoms with Gasteiger partial charge in [-0.05, 0) is 47.6 Å². The summed E-state index contributed by atoms with van der Waals surface area (Å²) in [7, 11) is 1.89. The van der Waals surface area contributed by atoms with Crippen LogP contribution in [-0.2, 0) is 0 Å². The summed E-state index contributed by atoms with van der Waals surface area (Å²) in [6.45, 7) is 2.04. The van der Waals surface area contributed by atoms with E-state index >= 15 is 0 Å². The molecule has 0 aliphatic heterocycles. The average Bonchev–Trinajstić information content (AvgIpc) is 2.43. The predicted octanol–water partition coefficient (Wildman–Crippen LogP) is 4.06. The van der Waals surface area contributed by atoms with Crippen LogP contribution in [0.25, 0.3) is 0 Å². The van der Waals surface area contributed by atoms with Crippen molar-refractivity contribution in [3.05, 3.63) is 52.4 Å². The smallest absolute Gasteiger partial charge is 0.219 e. The zero-order valence-electron chi connectivity index (χ0n) is 10.7. The lowest BCUT2D eigenvalue weighted by Crippen LogP contribution is -2.12. The quantitative estimate of drug-likeness (QED) is 0.921. The maximum absolute atomic E-state index is 13.1. The highest BCUT2D eigenvalue weighted by atomic mass is 79.9. The number of hydrogen-bond donors (Lipinski definition) is 1. The van der Waals surface area contributed by atoms with Crippen LogP contribution in [0.15, 0.2) is 41.0 Å². The van der Waals surface area contributed by atoms with E-state index in [1.54, 1.807) is 18.3 Å². The first-order chi connectivity index (χ1) is 9.10. The van der Waals surface area contributed by atoms with Gasteiger partial charge in [-0.3, -0.25) is 0 Å². The fourth-order valence-corrected chi connectivity index (χ4v) is 1.87. The number of nitrogens with one attached hydrogen (secondary N) is 1. The van der Waals surface area contributed by atoms with Crippen molar-refractivity contribution < 1.29 is 9.13 Å². The van der Waals surface area contributed by atoms with E-state index in [0.717, 1.165) is 5.56 Å². The Morgan fingerprint density at radius 3 is 2.74 bits per heavy atom. The van der Waals surface area contributed by atoms with Crippen molar-refractivity contribution in [1.82, 2.24) is 10.3 Å². The van der Waals surface area contributed by atoms with Gasteiger partial charge in [-0.2, -0.15) is 0 Å². The summed E-state index contributed by atoms with van der Waals surface area (Å²) >= 11 is 3.31. The molecule has 1 N–H and O–H groups in total. The molecule has 100 valence electrons. The summed E-state index contributed by atoms with van der Waals surface area (Å²) in [6, 6.07) is 8.19. The van der Waals surface area contributed by atoms with Crippen LogP contribution >= 0.6 is 15.9 Å². The predicted molar refractivity (Wildman–Crippen MR) is 75.9 cm³/mol. The molecule has 0 bridgehead atoms. The van der Waals surface area contributed by atoms with E-state index in [-0.39, 0.29) is 11.9 Å². The Bertz CT molecular complexity index is 560. The maximum atomic E-state index is 13.1. The highest BCUT2D eigenvalue weighted by Crippen LogP contribution is 2.29. The van der Waals surface area contributed by atoms with Gasteiger partial charge in [-0.15, -0.1) is 0 Å². The lowest BCUT2D eigenvalue weighted by atomic mass is 10.1. The molecule has 1 aromatic carbocycles. The Kier molecular flexibility index (Phi) is 4.50. The van der Waals surface area contributed by atoms with Gasteiger partial charge in [-0.25, -0.2) is 9.37 Å². The molecule has 0 saturated carbocycles. The number of rotatable bonds is 4. The highest BCUT2D eigenvalue weighted by molar-refractivity contribution is 9.10. The molecule has 1 heterocycles. The molecule has 1 atom stereocenters. The second-order valence-electron chi connectivity index (χ2n) is 4.12. The number of hydrogen-bond acceptors (Lipinski definition) is 3. The molecule has 5 heteroatoms. The van der Waals surface area contributed by atoms with Crippen molar-refractivity contribution in [3.8, 4) is 11.6 Å². The lowest BCUT2D eigenvalue weighted by Gasteiger charge is -2.11. The number of ether oxygens (including phenoxy) is 1. The van der Waals surface area contributed by atoms with Gasteiger partial charge in [0.2, 0.25) is 5.88 Å². The Labute approximate surface area is 119 Å². The number of nitrogens with zero attached hydrogens (tertiary/aromatic N) is 1. The molecule has 2 aromatic rings. The maximum Gasteiger partial charge on any atom is 0.219 e. The Morgan fingerprint density at radius 1 is 1.32 bits per heavy atom. The zero-order chi connectivity index (χ0) is 13.8. The molecule has 1 aromatic heterocycles. The molecule has 0 radical (unpaired) electrons. The fourth-order valence-electron chi connectivity index (χ4n) is 1.54. The van der Waals surface area contributed by atoms with Gasteiger partial charge in [0, 0.05) is 24.4 Å². The van der Waals surface area contributed by atoms with E-state index in [1.807, 2.05) is 20.0 Å². The molecule has 2 rings (SSSR count). The summed E-state index contributed by atoms with van der Waals surface area (Å²) < 4.78 is 19.4. The Hall–Kier alpha value is -1.46. The largest absolute Gasteiger partial charge is 0.438 e. The second kappa shape index (κ2) is 6.12. The summed E-state index contributed by atoms with van der Waals surface area (Å²) in [5.41, 5.74) is 1.06. The average molecular weight is 325 g/mol. The van der Waals surface area contributed by atoms with E-state index < -0.39 is 0 Å². The van der Waals surface area contributed by atoms with Gasteiger partial charge in [0.15, 0.2) is 0 Å². The summed E-state index contributed by atoms with van der Waals surface area (Å²) in [4.78, 5) is 4.21. The second-order valence-corrected chi connectivity index (χ2v) is 4.97. The first-order valence-corrected chi connectivity index (χ1v) is 6.65. The third kappa shape index (κ3) is 3.52. The van der Waals surface area contributed by atoms with Crippen molar-refractivity contribution in [1.29, 1.82) is 0 Å². The minimum Gasteiger partial charge on any atom is -0.438 e. The number of pyridine rings is 1. The molecule has 0 aliphatic rings. The minimum absolute atomic E-state index is 0.224. The third-order valence-electron chi connectivity index (χ3n) is 2.80. The molecule has 3 nitrogen and oxygen atoms in total. The Balaban J connectivity index is 2.17. The van der Waals surface area contributed by atoms with Crippen LogP contribution in [0.4, 0.5) is 4.39 Å². The van der Waals surface area contributed by atoms with E-state index in [9.17, 15) is 4.39 Å². The van der Waals surface area contributed by atoms with Gasteiger partial charge in [-0.1, -0.05) is 6.07 Å². The minimum atomic E-state index is -0.348. The molecular weight excluding hydrogens is 311 g/mol. The molecule has 0 fully saturated rings. The van der Waals surface area contributed by atoms with Crippen molar-refractivity contribution in [2.75, 3.05) is 7.05 Å². The van der Waals surface area contributed by atoms with Crippen LogP contribution in [0.3, 0.4) is 0 Å². The van der Waals surface area contributed by atoms with Crippen LogP contribution in [0.1, 0.15) is 18.5 Å². The molecular formula is C14H14BrFN2O. The van der Waals surface area contributed by atoms with Crippen LogP contribution in [0.2, 0.25) is 0 Å². The fraction of sp³-hybridized carbons (Fsp3) is 0.214. The molecule has 19 heavy (non-hydrogen) atoms. The monoisotopic (exact) mass is 324 g/mol. The molecule has 0 aliphatic carbocycles. The summed E-state index contributed by atoms with van der Waals surface area (Å²) in [5, 5.41) is 3.13. The van der Waals surface area contributed by atoms with E-state index in [2.05, 4.69) is 26.2 Å².